The molecule has 1 aliphatic carbocycles. The Hall–Kier alpha value is -4.07. The topological polar surface area (TPSA) is 122 Å². The summed E-state index contributed by atoms with van der Waals surface area (Å²) in [5.41, 5.74) is -1.27. The lowest BCUT2D eigenvalue weighted by molar-refractivity contribution is -0.123. The number of benzene rings is 2. The van der Waals surface area contributed by atoms with Crippen LogP contribution in [0.3, 0.4) is 0 Å². The minimum Gasteiger partial charge on any atom is -0.507 e. The molecule has 0 saturated carbocycles. The fraction of sp³-hybridized carbons (Fsp3) is 0.269. The molecule has 1 heterocycles. The first-order valence-electron chi connectivity index (χ1n) is 10.8. The molecule has 0 unspecified atom stereocenters. The molecule has 2 aromatic rings. The number of hydrogen-bond acceptors (Lipinski definition) is 8. The van der Waals surface area contributed by atoms with E-state index in [9.17, 15) is 24.6 Å². The van der Waals surface area contributed by atoms with Crippen molar-refractivity contribution in [2.45, 2.75) is 33.1 Å². The van der Waals surface area contributed by atoms with E-state index < -0.39 is 28.5 Å². The zero-order valence-electron chi connectivity index (χ0n) is 19.3. The molecular weight excluding hydrogens is 438 g/mol. The van der Waals surface area contributed by atoms with Crippen molar-refractivity contribution in [3.63, 3.8) is 0 Å². The van der Waals surface area contributed by atoms with Crippen LogP contribution >= 0.6 is 0 Å². The van der Waals surface area contributed by atoms with Crippen molar-refractivity contribution in [3.8, 4) is 23.0 Å². The van der Waals surface area contributed by atoms with Crippen molar-refractivity contribution in [1.82, 2.24) is 5.32 Å². The van der Waals surface area contributed by atoms with E-state index in [2.05, 4.69) is 5.32 Å². The van der Waals surface area contributed by atoms with E-state index in [0.29, 0.717) is 24.6 Å². The van der Waals surface area contributed by atoms with Crippen molar-refractivity contribution in [2.75, 3.05) is 13.2 Å². The summed E-state index contributed by atoms with van der Waals surface area (Å²) in [6.45, 7) is 6.50. The molecule has 1 atom stereocenters. The average molecular weight is 463 g/mol. The number of carbonyl (C=O) groups is 3. The van der Waals surface area contributed by atoms with E-state index in [1.165, 1.54) is 26.8 Å². The predicted octanol–water partition coefficient (Wildman–Crippen LogP) is 3.24. The van der Waals surface area contributed by atoms with Gasteiger partial charge >= 0.3 is 0 Å². The second kappa shape index (κ2) is 8.37. The summed E-state index contributed by atoms with van der Waals surface area (Å²) >= 11 is 0. The van der Waals surface area contributed by atoms with E-state index in [1.807, 2.05) is 30.3 Å². The Kier molecular flexibility index (Phi) is 5.69. The number of hydrogen-bond donors (Lipinski definition) is 3. The molecule has 2 aliphatic rings. The summed E-state index contributed by atoms with van der Waals surface area (Å²) < 4.78 is 11.4. The summed E-state index contributed by atoms with van der Waals surface area (Å²) in [6, 6.07) is 9.25. The summed E-state index contributed by atoms with van der Waals surface area (Å²) in [7, 11) is 0. The van der Waals surface area contributed by atoms with Crippen LogP contribution in [0.4, 0.5) is 0 Å². The van der Waals surface area contributed by atoms with Gasteiger partial charge in [0.2, 0.25) is 0 Å². The maximum Gasteiger partial charge on any atom is 0.194 e. The van der Waals surface area contributed by atoms with E-state index in [-0.39, 0.29) is 39.5 Å². The summed E-state index contributed by atoms with van der Waals surface area (Å²) in [6.07, 6.45) is 1.19. The first-order valence-corrected chi connectivity index (χ1v) is 10.8. The van der Waals surface area contributed by atoms with Crippen molar-refractivity contribution < 1.29 is 34.1 Å². The zero-order chi connectivity index (χ0) is 24.8. The first-order chi connectivity index (χ1) is 16.1. The number of ether oxygens (including phenoxy) is 2. The van der Waals surface area contributed by atoms with Gasteiger partial charge in [0.25, 0.3) is 0 Å². The highest BCUT2D eigenvalue weighted by Crippen LogP contribution is 2.57. The van der Waals surface area contributed by atoms with Gasteiger partial charge in [-0.1, -0.05) is 18.2 Å². The molecule has 0 amide bonds. The molecule has 1 aliphatic heterocycles. The number of phenolic OH excluding ortho intramolecular Hbond substituents is 2. The van der Waals surface area contributed by atoms with Gasteiger partial charge in [0, 0.05) is 23.9 Å². The second-order valence-electron chi connectivity index (χ2n) is 8.47. The normalized spacial score (nSPS) is 20.2. The van der Waals surface area contributed by atoms with Crippen LogP contribution in [0.25, 0.3) is 0 Å². The molecule has 0 saturated heterocycles. The number of nitrogens with one attached hydrogen (secondary N) is 1. The standard InChI is InChI=1S/C26H25NO7/c1-13-22(30)20(15(3)28)24-21(23(13)31)26(4)18(34-24)12-17(29)19(25(26)32)14(2)27-10-11-33-16-8-6-5-7-9-16/h5-9,12,27,30-31H,10-11H2,1-4H3/t26-/m0/s1. The number of fused-ring (bicyclic) bond motifs is 3. The minimum absolute atomic E-state index is 0.00395. The minimum atomic E-state index is -1.53. The van der Waals surface area contributed by atoms with Gasteiger partial charge in [-0.15, -0.1) is 0 Å². The Bertz CT molecular complexity index is 1290. The molecule has 0 spiro atoms. The van der Waals surface area contributed by atoms with Gasteiger partial charge in [-0.3, -0.25) is 14.4 Å². The molecule has 0 fully saturated rings. The third-order valence-corrected chi connectivity index (χ3v) is 6.26. The van der Waals surface area contributed by atoms with Crippen LogP contribution in [0.2, 0.25) is 0 Å². The van der Waals surface area contributed by atoms with E-state index in [0.717, 1.165) is 0 Å². The predicted molar refractivity (Wildman–Crippen MR) is 123 cm³/mol. The molecule has 4 rings (SSSR count). The number of carbonyl (C=O) groups excluding carboxylic acids is 3. The van der Waals surface area contributed by atoms with Gasteiger partial charge in [-0.05, 0) is 39.8 Å². The van der Waals surface area contributed by atoms with Crippen molar-refractivity contribution in [3.05, 3.63) is 70.1 Å². The molecule has 3 N–H and O–H groups in total. The number of aromatic hydroxyl groups is 2. The van der Waals surface area contributed by atoms with Crippen LogP contribution < -0.4 is 14.8 Å². The van der Waals surface area contributed by atoms with Gasteiger partial charge in [-0.2, -0.15) is 0 Å². The van der Waals surface area contributed by atoms with Crippen molar-refractivity contribution in [2.24, 2.45) is 0 Å². The van der Waals surface area contributed by atoms with Crippen molar-refractivity contribution in [1.29, 1.82) is 0 Å². The third kappa shape index (κ3) is 3.42. The molecule has 0 bridgehead atoms. The Morgan fingerprint density at radius 3 is 2.44 bits per heavy atom. The van der Waals surface area contributed by atoms with Gasteiger partial charge in [-0.25, -0.2) is 0 Å². The lowest BCUT2D eigenvalue weighted by atomic mass is 9.70. The Balaban J connectivity index is 1.69. The number of para-hydroxylation sites is 1. The van der Waals surface area contributed by atoms with Crippen LogP contribution in [0.15, 0.2) is 53.4 Å². The highest BCUT2D eigenvalue weighted by molar-refractivity contribution is 6.31. The van der Waals surface area contributed by atoms with Crippen LogP contribution in [0, 0.1) is 6.92 Å². The maximum atomic E-state index is 13.7. The van der Waals surface area contributed by atoms with Gasteiger partial charge in [0.15, 0.2) is 17.3 Å². The molecule has 34 heavy (non-hydrogen) atoms. The number of ketones is 3. The molecule has 8 nitrogen and oxygen atoms in total. The maximum absolute atomic E-state index is 13.7. The summed E-state index contributed by atoms with van der Waals surface area (Å²) in [5, 5.41) is 24.3. The Morgan fingerprint density at radius 2 is 1.79 bits per heavy atom. The van der Waals surface area contributed by atoms with Gasteiger partial charge in [0.1, 0.15) is 46.3 Å². The van der Waals surface area contributed by atoms with Crippen LogP contribution in [-0.2, 0) is 15.0 Å². The molecule has 2 aromatic carbocycles. The molecular formula is C26H25NO7. The van der Waals surface area contributed by atoms with E-state index in [1.54, 1.807) is 6.92 Å². The first kappa shape index (κ1) is 23.1. The number of phenols is 2. The number of Topliss-reactive ketones (excluding diaryl/α,β-unsaturated/α-hetero) is 2. The highest BCUT2D eigenvalue weighted by atomic mass is 16.5. The number of rotatable bonds is 6. The second-order valence-corrected chi connectivity index (χ2v) is 8.47. The Labute approximate surface area is 196 Å². The monoisotopic (exact) mass is 463 g/mol. The molecule has 176 valence electrons. The molecule has 0 aromatic heterocycles. The SMILES string of the molecule is CC(=O)c1c(O)c(C)c(O)c2c1OC1=CC(=O)C(=C(C)NCCOc3ccccc3)C(=O)[C@@]12C. The van der Waals surface area contributed by atoms with Crippen molar-refractivity contribution >= 4 is 17.3 Å². The van der Waals surface area contributed by atoms with Gasteiger partial charge in [0.05, 0.1) is 11.1 Å². The lowest BCUT2D eigenvalue weighted by Crippen LogP contribution is -2.41. The van der Waals surface area contributed by atoms with E-state index in [4.69, 9.17) is 9.47 Å². The quantitative estimate of drug-likeness (QED) is 0.258. The van der Waals surface area contributed by atoms with Crippen LogP contribution in [-0.4, -0.2) is 40.7 Å². The van der Waals surface area contributed by atoms with Crippen LogP contribution in [0.5, 0.6) is 23.0 Å². The number of allylic oxidation sites excluding steroid dienone is 4. The summed E-state index contributed by atoms with van der Waals surface area (Å²) in [4.78, 5) is 38.8. The zero-order valence-corrected chi connectivity index (χ0v) is 19.3. The average Bonchev–Trinajstić information content (AvgIpc) is 3.09. The third-order valence-electron chi connectivity index (χ3n) is 6.26. The smallest absolute Gasteiger partial charge is 0.194 e. The summed E-state index contributed by atoms with van der Waals surface area (Å²) in [5.74, 6) is -1.79. The fourth-order valence-corrected chi connectivity index (χ4v) is 4.37. The molecule has 8 heteroatoms. The fourth-order valence-electron chi connectivity index (χ4n) is 4.37. The van der Waals surface area contributed by atoms with Gasteiger partial charge < -0.3 is 25.0 Å². The lowest BCUT2D eigenvalue weighted by Gasteiger charge is -2.29. The van der Waals surface area contributed by atoms with Crippen LogP contribution in [0.1, 0.15) is 42.3 Å². The highest BCUT2D eigenvalue weighted by Gasteiger charge is 2.56. The van der Waals surface area contributed by atoms with E-state index >= 15 is 0 Å². The molecule has 0 radical (unpaired) electrons. The Morgan fingerprint density at radius 1 is 1.12 bits per heavy atom. The largest absolute Gasteiger partial charge is 0.507 e.